The molecule has 0 heterocycles. The molecule has 6 heteroatoms. The molecule has 22 heavy (non-hydrogen) atoms. The molecule has 2 nitrogen and oxygen atoms in total. The van der Waals surface area contributed by atoms with E-state index >= 15 is 0 Å². The van der Waals surface area contributed by atoms with Gasteiger partial charge >= 0.3 is 5.97 Å². The maximum absolute atomic E-state index is 13.9. The third-order valence-corrected chi connectivity index (χ3v) is 3.08. The first-order valence-corrected chi connectivity index (χ1v) is 6.37. The first kappa shape index (κ1) is 16.0. The highest BCUT2D eigenvalue weighted by Crippen LogP contribution is 2.26. The Balaban J connectivity index is 2.44. The highest BCUT2D eigenvalue weighted by atomic mass is 19.3. The van der Waals surface area contributed by atoms with Crippen molar-refractivity contribution in [1.82, 2.24) is 0 Å². The molecule has 2 aromatic carbocycles. The predicted molar refractivity (Wildman–Crippen MR) is 72.8 cm³/mol. The molecule has 2 rings (SSSR count). The van der Waals surface area contributed by atoms with Crippen LogP contribution in [0.2, 0.25) is 0 Å². The fourth-order valence-electron chi connectivity index (χ4n) is 2.09. The topological polar surface area (TPSA) is 26.3 Å². The molecule has 0 atom stereocenters. The summed E-state index contributed by atoms with van der Waals surface area (Å²) in [7, 11) is 1.02. The van der Waals surface area contributed by atoms with Gasteiger partial charge in [0.2, 0.25) is 6.43 Å². The Labute approximate surface area is 124 Å². The van der Waals surface area contributed by atoms with Crippen LogP contribution in [0.25, 0.3) is 11.1 Å². The van der Waals surface area contributed by atoms with Crippen LogP contribution in [0.5, 0.6) is 0 Å². The van der Waals surface area contributed by atoms with Gasteiger partial charge in [-0.25, -0.2) is 22.4 Å². The first-order valence-electron chi connectivity index (χ1n) is 6.37. The lowest BCUT2D eigenvalue weighted by atomic mass is 10.00. The summed E-state index contributed by atoms with van der Waals surface area (Å²) >= 11 is 0. The summed E-state index contributed by atoms with van der Waals surface area (Å²) in [5.41, 5.74) is 0.103. The van der Waals surface area contributed by atoms with Crippen LogP contribution in [0, 0.1) is 11.6 Å². The monoisotopic (exact) mass is 312 g/mol. The van der Waals surface area contributed by atoms with Crippen molar-refractivity contribution in [3.05, 3.63) is 59.2 Å². The summed E-state index contributed by atoms with van der Waals surface area (Å²) in [5, 5.41) is 0. The minimum atomic E-state index is -2.51. The molecule has 0 saturated carbocycles. The standard InChI is InChI=1S/C16H12F4O2/c1-22-16(21)15-12(17)7-11(8-13(15)18)10-4-2-3-9(5-10)6-14(19)20/h2-5,7-8,14H,6H2,1H3. The third-order valence-electron chi connectivity index (χ3n) is 3.08. The minimum Gasteiger partial charge on any atom is -0.465 e. The molecule has 0 bridgehead atoms. The zero-order valence-electron chi connectivity index (χ0n) is 11.6. The van der Waals surface area contributed by atoms with E-state index in [1.807, 2.05) is 0 Å². The molecule has 0 aliphatic rings. The number of hydrogen-bond donors (Lipinski definition) is 0. The maximum atomic E-state index is 13.9. The van der Waals surface area contributed by atoms with Gasteiger partial charge in [-0.15, -0.1) is 0 Å². The van der Waals surface area contributed by atoms with Crippen LogP contribution in [0.3, 0.4) is 0 Å². The molecular formula is C16H12F4O2. The maximum Gasteiger partial charge on any atom is 0.343 e. The van der Waals surface area contributed by atoms with Crippen molar-refractivity contribution in [3.8, 4) is 11.1 Å². The van der Waals surface area contributed by atoms with E-state index in [1.165, 1.54) is 18.2 Å². The van der Waals surface area contributed by atoms with E-state index < -0.39 is 36.0 Å². The molecule has 0 saturated heterocycles. The summed E-state index contributed by atoms with van der Waals surface area (Å²) in [6.07, 6.45) is -2.95. The molecule has 0 spiro atoms. The molecule has 0 amide bonds. The van der Waals surface area contributed by atoms with Crippen molar-refractivity contribution in [2.24, 2.45) is 0 Å². The van der Waals surface area contributed by atoms with Crippen molar-refractivity contribution in [3.63, 3.8) is 0 Å². The van der Waals surface area contributed by atoms with Gasteiger partial charge in [0.15, 0.2) is 0 Å². The smallest absolute Gasteiger partial charge is 0.343 e. The zero-order chi connectivity index (χ0) is 16.3. The summed E-state index contributed by atoms with van der Waals surface area (Å²) in [6.45, 7) is 0. The molecule has 0 aliphatic heterocycles. The first-order chi connectivity index (χ1) is 10.4. The molecule has 0 aliphatic carbocycles. The number of alkyl halides is 2. The molecule has 0 fully saturated rings. The van der Waals surface area contributed by atoms with E-state index in [4.69, 9.17) is 0 Å². The van der Waals surface area contributed by atoms with Gasteiger partial charge in [0.1, 0.15) is 17.2 Å². The number of hydrogen-bond acceptors (Lipinski definition) is 2. The van der Waals surface area contributed by atoms with Crippen LogP contribution in [-0.2, 0) is 11.2 Å². The predicted octanol–water partition coefficient (Wildman–Crippen LogP) is 4.23. The molecule has 0 N–H and O–H groups in total. The van der Waals surface area contributed by atoms with Crippen LogP contribution >= 0.6 is 0 Å². The lowest BCUT2D eigenvalue weighted by Crippen LogP contribution is -2.08. The third kappa shape index (κ3) is 3.44. The molecule has 0 aromatic heterocycles. The van der Waals surface area contributed by atoms with Crippen LogP contribution in [0.4, 0.5) is 17.6 Å². The van der Waals surface area contributed by atoms with Crippen molar-refractivity contribution < 1.29 is 27.1 Å². The minimum absolute atomic E-state index is 0.152. The average Bonchev–Trinajstić information content (AvgIpc) is 2.45. The molecule has 2 aromatic rings. The van der Waals surface area contributed by atoms with Crippen LogP contribution in [-0.4, -0.2) is 19.5 Å². The molecular weight excluding hydrogens is 300 g/mol. The van der Waals surface area contributed by atoms with E-state index in [0.29, 0.717) is 11.1 Å². The number of carbonyl (C=O) groups is 1. The fourth-order valence-corrected chi connectivity index (χ4v) is 2.09. The van der Waals surface area contributed by atoms with E-state index in [0.717, 1.165) is 19.2 Å². The van der Waals surface area contributed by atoms with Gasteiger partial charge in [-0.2, -0.15) is 0 Å². The summed E-state index contributed by atoms with van der Waals surface area (Å²) in [4.78, 5) is 11.3. The number of methoxy groups -OCH3 is 1. The normalized spacial score (nSPS) is 10.8. The zero-order valence-corrected chi connectivity index (χ0v) is 11.6. The number of ether oxygens (including phenoxy) is 1. The van der Waals surface area contributed by atoms with E-state index in [-0.39, 0.29) is 5.56 Å². The van der Waals surface area contributed by atoms with Crippen LogP contribution in [0.1, 0.15) is 15.9 Å². The van der Waals surface area contributed by atoms with Crippen molar-refractivity contribution in [2.45, 2.75) is 12.8 Å². The Morgan fingerprint density at radius 3 is 2.27 bits per heavy atom. The summed E-state index contributed by atoms with van der Waals surface area (Å²) < 4.78 is 56.9. The number of carbonyl (C=O) groups excluding carboxylic acids is 1. The summed E-state index contributed by atoms with van der Waals surface area (Å²) in [5.74, 6) is -3.25. The Hall–Kier alpha value is -2.37. The number of halogens is 4. The quantitative estimate of drug-likeness (QED) is 0.624. The van der Waals surface area contributed by atoms with E-state index in [2.05, 4.69) is 4.74 Å². The lowest BCUT2D eigenvalue weighted by Gasteiger charge is -2.08. The molecule has 0 radical (unpaired) electrons. The second kappa shape index (κ2) is 6.60. The van der Waals surface area contributed by atoms with Gasteiger partial charge in [0, 0.05) is 6.42 Å². The van der Waals surface area contributed by atoms with Crippen molar-refractivity contribution >= 4 is 5.97 Å². The summed E-state index contributed by atoms with van der Waals surface area (Å²) in [6, 6.07) is 7.94. The molecule has 0 unspecified atom stereocenters. The van der Waals surface area contributed by atoms with Gasteiger partial charge in [0.25, 0.3) is 0 Å². The average molecular weight is 312 g/mol. The second-order valence-corrected chi connectivity index (χ2v) is 4.60. The lowest BCUT2D eigenvalue weighted by molar-refractivity contribution is 0.0590. The Kier molecular flexibility index (Phi) is 4.80. The van der Waals surface area contributed by atoms with Gasteiger partial charge < -0.3 is 4.74 Å². The van der Waals surface area contributed by atoms with Gasteiger partial charge in [0.05, 0.1) is 7.11 Å². The van der Waals surface area contributed by atoms with Crippen LogP contribution in [0.15, 0.2) is 36.4 Å². The molecule has 116 valence electrons. The number of esters is 1. The highest BCUT2D eigenvalue weighted by molar-refractivity contribution is 5.90. The second-order valence-electron chi connectivity index (χ2n) is 4.60. The SMILES string of the molecule is COC(=O)c1c(F)cc(-c2cccc(CC(F)F)c2)cc1F. The van der Waals surface area contributed by atoms with Crippen molar-refractivity contribution in [2.75, 3.05) is 7.11 Å². The van der Waals surface area contributed by atoms with Gasteiger partial charge in [-0.05, 0) is 28.8 Å². The number of benzene rings is 2. The Morgan fingerprint density at radius 1 is 1.09 bits per heavy atom. The Bertz CT molecular complexity index is 675. The van der Waals surface area contributed by atoms with E-state index in [9.17, 15) is 22.4 Å². The van der Waals surface area contributed by atoms with Crippen LogP contribution < -0.4 is 0 Å². The largest absolute Gasteiger partial charge is 0.465 e. The van der Waals surface area contributed by atoms with Gasteiger partial charge in [-0.1, -0.05) is 24.3 Å². The number of rotatable bonds is 4. The van der Waals surface area contributed by atoms with Crippen molar-refractivity contribution in [1.29, 1.82) is 0 Å². The highest BCUT2D eigenvalue weighted by Gasteiger charge is 2.19. The van der Waals surface area contributed by atoms with Gasteiger partial charge in [-0.3, -0.25) is 0 Å². The Morgan fingerprint density at radius 2 is 1.73 bits per heavy atom. The fraction of sp³-hybridized carbons (Fsp3) is 0.188. The van der Waals surface area contributed by atoms with E-state index in [1.54, 1.807) is 6.07 Å².